The van der Waals surface area contributed by atoms with E-state index < -0.39 is 12.1 Å². The van der Waals surface area contributed by atoms with Gasteiger partial charge >= 0.3 is 5.97 Å². The van der Waals surface area contributed by atoms with E-state index >= 15 is 0 Å². The van der Waals surface area contributed by atoms with Crippen molar-refractivity contribution in [1.82, 2.24) is 5.32 Å². The molecule has 3 N–H and O–H groups in total. The number of carbonyl (C=O) groups excluding carboxylic acids is 2. The highest BCUT2D eigenvalue weighted by molar-refractivity contribution is 5.76. The summed E-state index contributed by atoms with van der Waals surface area (Å²) in [5, 5.41) is 23.2. The molecule has 0 aliphatic heterocycles. The molecule has 0 radical (unpaired) electrons. The molecule has 0 aromatic carbocycles. The van der Waals surface area contributed by atoms with Gasteiger partial charge in [-0.2, -0.15) is 0 Å². The Morgan fingerprint density at radius 3 is 0.897 bits per heavy atom. The summed E-state index contributed by atoms with van der Waals surface area (Å²) >= 11 is 0. The van der Waals surface area contributed by atoms with E-state index in [0.29, 0.717) is 25.9 Å². The number of ether oxygens (including phenoxy) is 1. The lowest BCUT2D eigenvalue weighted by atomic mass is 10.0. The summed E-state index contributed by atoms with van der Waals surface area (Å²) in [5.74, 6) is -0.0154. The molecular formula is C62H123NO5. The van der Waals surface area contributed by atoms with Gasteiger partial charge < -0.3 is 20.3 Å². The van der Waals surface area contributed by atoms with Crippen LogP contribution in [-0.2, 0) is 14.3 Å². The van der Waals surface area contributed by atoms with Crippen LogP contribution in [0, 0.1) is 0 Å². The van der Waals surface area contributed by atoms with Crippen molar-refractivity contribution >= 4 is 11.9 Å². The van der Waals surface area contributed by atoms with Crippen LogP contribution in [-0.4, -0.2) is 47.4 Å². The molecule has 0 fully saturated rings. The number of aliphatic hydroxyl groups is 2. The van der Waals surface area contributed by atoms with E-state index in [0.717, 1.165) is 38.5 Å². The van der Waals surface area contributed by atoms with Gasteiger partial charge in [-0.1, -0.05) is 322 Å². The molecule has 0 heterocycles. The summed E-state index contributed by atoms with van der Waals surface area (Å²) in [7, 11) is 0. The first-order valence-corrected chi connectivity index (χ1v) is 31.3. The largest absolute Gasteiger partial charge is 0.466 e. The molecule has 0 aromatic heterocycles. The van der Waals surface area contributed by atoms with Crippen LogP contribution in [0.1, 0.15) is 361 Å². The van der Waals surface area contributed by atoms with Gasteiger partial charge in [0, 0.05) is 12.8 Å². The van der Waals surface area contributed by atoms with Gasteiger partial charge in [0.05, 0.1) is 25.4 Å². The summed E-state index contributed by atoms with van der Waals surface area (Å²) in [6.07, 6.45) is 68.3. The Balaban J connectivity index is 3.32. The third kappa shape index (κ3) is 54.2. The van der Waals surface area contributed by atoms with Gasteiger partial charge in [0.15, 0.2) is 0 Å². The van der Waals surface area contributed by atoms with Crippen molar-refractivity contribution in [3.8, 4) is 0 Å². The number of hydrogen-bond donors (Lipinski definition) is 3. The normalized spacial score (nSPS) is 12.5. The minimum atomic E-state index is -0.661. The Morgan fingerprint density at radius 1 is 0.353 bits per heavy atom. The number of amides is 1. The summed E-state index contributed by atoms with van der Waals surface area (Å²) in [6, 6.07) is -0.539. The van der Waals surface area contributed by atoms with Crippen LogP contribution in [0.15, 0.2) is 0 Å². The fraction of sp³-hybridized carbons (Fsp3) is 0.968. The van der Waals surface area contributed by atoms with Gasteiger partial charge in [0.1, 0.15) is 0 Å². The highest BCUT2D eigenvalue weighted by Crippen LogP contribution is 2.19. The molecule has 0 aliphatic carbocycles. The first-order valence-electron chi connectivity index (χ1n) is 31.3. The lowest BCUT2D eigenvalue weighted by Crippen LogP contribution is -2.45. The zero-order valence-electron chi connectivity index (χ0n) is 46.4. The Kier molecular flexibility index (Phi) is 57.5. The highest BCUT2D eigenvalue weighted by atomic mass is 16.5. The van der Waals surface area contributed by atoms with E-state index in [-0.39, 0.29) is 18.5 Å². The second-order valence-electron chi connectivity index (χ2n) is 21.8. The standard InChI is InChI=1S/C62H123NO5/c1-3-5-7-9-11-13-15-16-17-18-26-29-32-36-40-44-48-52-56-62(67)68-57-53-49-45-41-37-33-30-27-24-22-20-19-21-23-25-28-31-35-39-43-47-51-55-61(66)63-59(58-64)60(65)54-50-46-42-38-34-14-12-10-8-6-4-2/h59-60,64-65H,3-58H2,1-2H3,(H,63,66). The molecule has 0 aliphatic rings. The van der Waals surface area contributed by atoms with Crippen molar-refractivity contribution in [2.45, 2.75) is 373 Å². The molecule has 0 rings (SSSR count). The van der Waals surface area contributed by atoms with Crippen molar-refractivity contribution in [3.63, 3.8) is 0 Å². The van der Waals surface area contributed by atoms with Gasteiger partial charge in [0.2, 0.25) is 5.91 Å². The average Bonchev–Trinajstić information content (AvgIpc) is 3.34. The first kappa shape index (κ1) is 66.9. The minimum absolute atomic E-state index is 0.0186. The van der Waals surface area contributed by atoms with Crippen molar-refractivity contribution in [2.75, 3.05) is 13.2 Å². The number of carbonyl (C=O) groups is 2. The van der Waals surface area contributed by atoms with E-state index in [4.69, 9.17) is 4.74 Å². The quantitative estimate of drug-likeness (QED) is 0.0417. The Hall–Kier alpha value is -1.14. The van der Waals surface area contributed by atoms with Crippen LogP contribution in [0.3, 0.4) is 0 Å². The predicted octanol–water partition coefficient (Wildman–Crippen LogP) is 19.5. The molecule has 1 amide bonds. The monoisotopic (exact) mass is 962 g/mol. The molecule has 406 valence electrons. The third-order valence-electron chi connectivity index (χ3n) is 14.9. The van der Waals surface area contributed by atoms with E-state index in [1.54, 1.807) is 0 Å². The molecular weight excluding hydrogens is 839 g/mol. The maximum absolute atomic E-state index is 12.4. The van der Waals surface area contributed by atoms with E-state index in [9.17, 15) is 19.8 Å². The SMILES string of the molecule is CCCCCCCCCCCCCCCCCCCCC(=O)OCCCCCCCCCCCCCCCCCCCCCCCCC(=O)NC(CO)C(O)CCCCCCCCCCCCC. The summed E-state index contributed by atoms with van der Waals surface area (Å²) in [5.41, 5.74) is 0. The molecule has 0 bridgehead atoms. The lowest BCUT2D eigenvalue weighted by molar-refractivity contribution is -0.143. The smallest absolute Gasteiger partial charge is 0.305 e. The summed E-state index contributed by atoms with van der Waals surface area (Å²) < 4.78 is 5.50. The topological polar surface area (TPSA) is 95.9 Å². The first-order chi connectivity index (χ1) is 33.5. The van der Waals surface area contributed by atoms with E-state index in [1.807, 2.05) is 0 Å². The van der Waals surface area contributed by atoms with Crippen molar-refractivity contribution in [2.24, 2.45) is 0 Å². The van der Waals surface area contributed by atoms with Gasteiger partial charge in [-0.05, 0) is 25.7 Å². The Morgan fingerprint density at radius 2 is 0.603 bits per heavy atom. The number of esters is 1. The van der Waals surface area contributed by atoms with E-state index in [1.165, 1.54) is 289 Å². The van der Waals surface area contributed by atoms with Gasteiger partial charge in [-0.15, -0.1) is 0 Å². The van der Waals surface area contributed by atoms with Crippen LogP contribution in [0.25, 0.3) is 0 Å². The van der Waals surface area contributed by atoms with Crippen molar-refractivity contribution < 1.29 is 24.5 Å². The number of rotatable bonds is 59. The predicted molar refractivity (Wildman–Crippen MR) is 297 cm³/mol. The second-order valence-corrected chi connectivity index (χ2v) is 21.8. The van der Waals surface area contributed by atoms with Crippen LogP contribution in [0.4, 0.5) is 0 Å². The Bertz CT molecular complexity index is 975. The minimum Gasteiger partial charge on any atom is -0.466 e. The number of aliphatic hydroxyl groups excluding tert-OH is 2. The van der Waals surface area contributed by atoms with Crippen LogP contribution >= 0.6 is 0 Å². The lowest BCUT2D eigenvalue weighted by Gasteiger charge is -2.22. The fourth-order valence-electron chi connectivity index (χ4n) is 10.1. The van der Waals surface area contributed by atoms with Gasteiger partial charge in [-0.3, -0.25) is 9.59 Å². The van der Waals surface area contributed by atoms with Crippen LogP contribution in [0.5, 0.6) is 0 Å². The van der Waals surface area contributed by atoms with Crippen molar-refractivity contribution in [3.05, 3.63) is 0 Å². The molecule has 0 aromatic rings. The second kappa shape index (κ2) is 58.4. The van der Waals surface area contributed by atoms with Crippen molar-refractivity contribution in [1.29, 1.82) is 0 Å². The highest BCUT2D eigenvalue weighted by Gasteiger charge is 2.20. The molecule has 0 saturated carbocycles. The zero-order valence-corrected chi connectivity index (χ0v) is 46.4. The number of hydrogen-bond acceptors (Lipinski definition) is 5. The number of nitrogens with one attached hydrogen (secondary N) is 1. The molecule has 6 heteroatoms. The van der Waals surface area contributed by atoms with Gasteiger partial charge in [0.25, 0.3) is 0 Å². The van der Waals surface area contributed by atoms with Crippen LogP contribution in [0.2, 0.25) is 0 Å². The van der Waals surface area contributed by atoms with Gasteiger partial charge in [-0.25, -0.2) is 0 Å². The molecule has 68 heavy (non-hydrogen) atoms. The summed E-state index contributed by atoms with van der Waals surface area (Å²) in [4.78, 5) is 24.5. The Labute approximate surface area is 426 Å². The summed E-state index contributed by atoms with van der Waals surface area (Å²) in [6.45, 7) is 4.98. The molecule has 2 atom stereocenters. The van der Waals surface area contributed by atoms with Crippen LogP contribution < -0.4 is 5.32 Å². The maximum Gasteiger partial charge on any atom is 0.305 e. The fourth-order valence-corrected chi connectivity index (χ4v) is 10.1. The average molecular weight is 963 g/mol. The molecule has 0 saturated heterocycles. The van der Waals surface area contributed by atoms with E-state index in [2.05, 4.69) is 19.2 Å². The number of unbranched alkanes of at least 4 members (excludes halogenated alkanes) is 48. The maximum atomic E-state index is 12.4. The molecule has 2 unspecified atom stereocenters. The zero-order chi connectivity index (χ0) is 49.3. The molecule has 6 nitrogen and oxygen atoms in total. The molecule has 0 spiro atoms. The third-order valence-corrected chi connectivity index (χ3v) is 14.9.